The van der Waals surface area contributed by atoms with Crippen molar-refractivity contribution in [2.75, 3.05) is 25.6 Å². The Labute approximate surface area is 202 Å². The number of nitro groups is 1. The van der Waals surface area contributed by atoms with Crippen LogP contribution in [-0.2, 0) is 4.79 Å². The predicted molar refractivity (Wildman–Crippen MR) is 132 cm³/mol. The fraction of sp³-hybridized carbons (Fsp3) is 0.192. The van der Waals surface area contributed by atoms with E-state index in [0.717, 1.165) is 17.5 Å². The summed E-state index contributed by atoms with van der Waals surface area (Å²) in [5, 5.41) is 17.0. The maximum atomic E-state index is 13.2. The molecule has 0 N–H and O–H groups in total. The number of non-ortho nitro benzene ring substituents is 1. The van der Waals surface area contributed by atoms with Crippen molar-refractivity contribution in [3.8, 4) is 5.75 Å². The second kappa shape index (κ2) is 10.2. The molecule has 1 aliphatic rings. The van der Waals surface area contributed by atoms with Crippen LogP contribution < -0.4 is 9.64 Å². The normalized spacial score (nSPS) is 14.9. The molecule has 0 saturated heterocycles. The monoisotopic (exact) mass is 472 g/mol. The van der Waals surface area contributed by atoms with E-state index in [4.69, 9.17) is 4.74 Å². The zero-order chi connectivity index (χ0) is 24.9. The third-order valence-electron chi connectivity index (χ3n) is 5.75. The van der Waals surface area contributed by atoms with Gasteiger partial charge in [-0.2, -0.15) is 5.10 Å². The SMILES string of the molecule is CN(C)c1ccc(C2CC(c3ccc([N+](=O)[O-])cc3)=NN2C(=O)COc2ccc(C=O)cc2)cc1. The summed E-state index contributed by atoms with van der Waals surface area (Å²) in [7, 11) is 3.91. The number of nitro benzene ring substituents is 1. The summed E-state index contributed by atoms with van der Waals surface area (Å²) < 4.78 is 5.64. The van der Waals surface area contributed by atoms with Gasteiger partial charge in [-0.05, 0) is 59.7 Å². The van der Waals surface area contributed by atoms with E-state index in [0.29, 0.717) is 29.0 Å². The highest BCUT2D eigenvalue weighted by Crippen LogP contribution is 2.34. The lowest BCUT2D eigenvalue weighted by Gasteiger charge is -2.23. The average molecular weight is 473 g/mol. The molecule has 178 valence electrons. The van der Waals surface area contributed by atoms with Crippen LogP contribution in [0.3, 0.4) is 0 Å². The van der Waals surface area contributed by atoms with E-state index in [1.165, 1.54) is 17.1 Å². The number of rotatable bonds is 8. The first-order valence-corrected chi connectivity index (χ1v) is 11.0. The number of aldehydes is 1. The van der Waals surface area contributed by atoms with Crippen molar-refractivity contribution < 1.29 is 19.2 Å². The summed E-state index contributed by atoms with van der Waals surface area (Å²) in [5.74, 6) is 0.137. The molecule has 3 aromatic carbocycles. The number of carbonyl (C=O) groups is 2. The molecule has 1 amide bonds. The van der Waals surface area contributed by atoms with E-state index >= 15 is 0 Å². The van der Waals surface area contributed by atoms with Crippen LogP contribution in [0, 0.1) is 10.1 Å². The van der Waals surface area contributed by atoms with Crippen LogP contribution in [0.4, 0.5) is 11.4 Å². The molecule has 1 unspecified atom stereocenters. The van der Waals surface area contributed by atoms with Gasteiger partial charge in [0.2, 0.25) is 0 Å². The van der Waals surface area contributed by atoms with Crippen LogP contribution in [0.2, 0.25) is 0 Å². The molecule has 35 heavy (non-hydrogen) atoms. The fourth-order valence-electron chi connectivity index (χ4n) is 3.80. The molecular weight excluding hydrogens is 448 g/mol. The van der Waals surface area contributed by atoms with Gasteiger partial charge < -0.3 is 9.64 Å². The van der Waals surface area contributed by atoms with Crippen LogP contribution in [-0.4, -0.2) is 48.5 Å². The second-order valence-electron chi connectivity index (χ2n) is 8.27. The summed E-state index contributed by atoms with van der Waals surface area (Å²) in [6.07, 6.45) is 1.19. The van der Waals surface area contributed by atoms with E-state index in [1.54, 1.807) is 36.4 Å². The Morgan fingerprint density at radius 1 is 1.09 bits per heavy atom. The minimum Gasteiger partial charge on any atom is -0.484 e. The van der Waals surface area contributed by atoms with Gasteiger partial charge in [0.15, 0.2) is 6.61 Å². The van der Waals surface area contributed by atoms with E-state index < -0.39 is 4.92 Å². The van der Waals surface area contributed by atoms with E-state index in [1.807, 2.05) is 43.3 Å². The number of benzene rings is 3. The highest BCUT2D eigenvalue weighted by Gasteiger charge is 2.33. The van der Waals surface area contributed by atoms with Gasteiger partial charge in [0, 0.05) is 43.9 Å². The van der Waals surface area contributed by atoms with Crippen molar-refractivity contribution in [1.29, 1.82) is 0 Å². The lowest BCUT2D eigenvalue weighted by molar-refractivity contribution is -0.384. The Bertz CT molecular complexity index is 1250. The van der Waals surface area contributed by atoms with Crippen LogP contribution in [0.1, 0.15) is 33.9 Å². The molecule has 0 bridgehead atoms. The molecule has 0 aliphatic carbocycles. The van der Waals surface area contributed by atoms with E-state index in [9.17, 15) is 19.7 Å². The number of hydrogen-bond donors (Lipinski definition) is 0. The Balaban J connectivity index is 1.58. The molecule has 0 fully saturated rings. The Hall–Kier alpha value is -4.53. The molecule has 1 aliphatic heterocycles. The maximum Gasteiger partial charge on any atom is 0.281 e. The zero-order valence-electron chi connectivity index (χ0n) is 19.3. The van der Waals surface area contributed by atoms with Gasteiger partial charge in [0.1, 0.15) is 12.0 Å². The summed E-state index contributed by atoms with van der Waals surface area (Å²) in [6.45, 7) is -0.232. The number of hydrogen-bond acceptors (Lipinski definition) is 7. The minimum absolute atomic E-state index is 0.00917. The van der Waals surface area contributed by atoms with Gasteiger partial charge in [0.05, 0.1) is 16.7 Å². The van der Waals surface area contributed by atoms with Gasteiger partial charge in [-0.25, -0.2) is 5.01 Å². The lowest BCUT2D eigenvalue weighted by Crippen LogP contribution is -2.31. The number of amides is 1. The Morgan fingerprint density at radius 3 is 2.31 bits per heavy atom. The van der Waals surface area contributed by atoms with Crippen molar-refractivity contribution in [1.82, 2.24) is 5.01 Å². The first kappa shape index (κ1) is 23.6. The van der Waals surface area contributed by atoms with Crippen molar-refractivity contribution in [3.05, 3.63) is 99.6 Å². The molecule has 9 heteroatoms. The number of anilines is 1. The fourth-order valence-corrected chi connectivity index (χ4v) is 3.80. The van der Waals surface area contributed by atoms with E-state index in [2.05, 4.69) is 5.10 Å². The first-order chi connectivity index (χ1) is 16.9. The molecule has 3 aromatic rings. The Kier molecular flexibility index (Phi) is 6.86. The van der Waals surface area contributed by atoms with Crippen LogP contribution in [0.5, 0.6) is 5.75 Å². The maximum absolute atomic E-state index is 13.2. The number of ether oxygens (including phenoxy) is 1. The van der Waals surface area contributed by atoms with Crippen molar-refractivity contribution >= 4 is 29.3 Å². The third kappa shape index (κ3) is 5.35. The molecular formula is C26H24N4O5. The largest absolute Gasteiger partial charge is 0.484 e. The van der Waals surface area contributed by atoms with Gasteiger partial charge in [-0.1, -0.05) is 12.1 Å². The van der Waals surface area contributed by atoms with Gasteiger partial charge in [-0.3, -0.25) is 19.7 Å². The molecule has 0 spiro atoms. The highest BCUT2D eigenvalue weighted by molar-refractivity contribution is 6.03. The zero-order valence-corrected chi connectivity index (χ0v) is 19.3. The van der Waals surface area contributed by atoms with Crippen molar-refractivity contribution in [3.63, 3.8) is 0 Å². The smallest absolute Gasteiger partial charge is 0.281 e. The highest BCUT2D eigenvalue weighted by atomic mass is 16.6. The van der Waals surface area contributed by atoms with E-state index in [-0.39, 0.29) is 24.2 Å². The molecule has 0 radical (unpaired) electrons. The first-order valence-electron chi connectivity index (χ1n) is 11.0. The summed E-state index contributed by atoms with van der Waals surface area (Å²) in [4.78, 5) is 36.5. The number of hydrazone groups is 1. The van der Waals surface area contributed by atoms with Crippen molar-refractivity contribution in [2.24, 2.45) is 5.10 Å². The summed E-state index contributed by atoms with van der Waals surface area (Å²) >= 11 is 0. The number of nitrogens with zero attached hydrogens (tertiary/aromatic N) is 4. The molecule has 4 rings (SSSR count). The molecule has 1 heterocycles. The van der Waals surface area contributed by atoms with Gasteiger partial charge in [-0.15, -0.1) is 0 Å². The van der Waals surface area contributed by atoms with Crippen LogP contribution in [0.25, 0.3) is 0 Å². The standard InChI is InChI=1S/C26H24N4O5/c1-28(2)21-9-7-20(8-10-21)25-15-24(19-5-11-22(12-6-19)30(33)34)27-29(25)26(32)17-35-23-13-3-18(16-31)4-14-23/h3-14,16,25H,15,17H2,1-2H3. The molecule has 1 atom stereocenters. The third-order valence-corrected chi connectivity index (χ3v) is 5.75. The van der Waals surface area contributed by atoms with Gasteiger partial charge >= 0.3 is 0 Å². The van der Waals surface area contributed by atoms with Gasteiger partial charge in [0.25, 0.3) is 11.6 Å². The Morgan fingerprint density at radius 2 is 1.74 bits per heavy atom. The molecule has 0 aromatic heterocycles. The second-order valence-corrected chi connectivity index (χ2v) is 8.27. The van der Waals surface area contributed by atoms with Crippen molar-refractivity contribution in [2.45, 2.75) is 12.5 Å². The molecule has 9 nitrogen and oxygen atoms in total. The quantitative estimate of drug-likeness (QED) is 0.276. The lowest BCUT2D eigenvalue weighted by atomic mass is 9.98. The minimum atomic E-state index is -0.454. The predicted octanol–water partition coefficient (Wildman–Crippen LogP) is 4.23. The topological polar surface area (TPSA) is 105 Å². The number of carbonyl (C=O) groups excluding carboxylic acids is 2. The summed E-state index contributed by atoms with van der Waals surface area (Å²) in [5.41, 5.74) is 3.83. The average Bonchev–Trinajstić information content (AvgIpc) is 3.33. The molecule has 0 saturated carbocycles. The van der Waals surface area contributed by atoms with Crippen LogP contribution in [0.15, 0.2) is 77.9 Å². The van der Waals surface area contributed by atoms with Crippen LogP contribution >= 0.6 is 0 Å². The summed E-state index contributed by atoms with van der Waals surface area (Å²) in [6, 6.07) is 20.2.